The van der Waals surface area contributed by atoms with Gasteiger partial charge in [-0.2, -0.15) is 0 Å². The molecule has 16 heavy (non-hydrogen) atoms. The first kappa shape index (κ1) is 10.4. The van der Waals surface area contributed by atoms with Crippen LogP contribution in [0, 0.1) is 0 Å². The minimum atomic E-state index is 0.514. The molecular weight excluding hydrogens is 266 g/mol. The van der Waals surface area contributed by atoms with Crippen LogP contribution in [0.15, 0.2) is 33.4 Å². The van der Waals surface area contributed by atoms with Gasteiger partial charge in [-0.1, -0.05) is 12.5 Å². The van der Waals surface area contributed by atoms with Crippen LogP contribution in [0.1, 0.15) is 30.9 Å². The van der Waals surface area contributed by atoms with Gasteiger partial charge in [-0.3, -0.25) is 0 Å². The fourth-order valence-electron chi connectivity index (χ4n) is 2.37. The SMILES string of the molecule is Brc1coc2ccc(C3CCCCN3)cc12. The highest BCUT2D eigenvalue weighted by Crippen LogP contribution is 2.30. The zero-order chi connectivity index (χ0) is 11.0. The van der Waals surface area contributed by atoms with Crippen molar-refractivity contribution in [2.75, 3.05) is 6.54 Å². The van der Waals surface area contributed by atoms with E-state index < -0.39 is 0 Å². The quantitative estimate of drug-likeness (QED) is 0.853. The Labute approximate surface area is 103 Å². The van der Waals surface area contributed by atoms with E-state index in [4.69, 9.17) is 4.42 Å². The summed E-state index contributed by atoms with van der Waals surface area (Å²) in [6, 6.07) is 6.97. The van der Waals surface area contributed by atoms with Gasteiger partial charge in [0.1, 0.15) is 11.8 Å². The fraction of sp³-hybridized carbons (Fsp3) is 0.385. The van der Waals surface area contributed by atoms with Crippen molar-refractivity contribution in [3.05, 3.63) is 34.5 Å². The fourth-order valence-corrected chi connectivity index (χ4v) is 2.77. The van der Waals surface area contributed by atoms with Crippen LogP contribution in [-0.2, 0) is 0 Å². The van der Waals surface area contributed by atoms with Gasteiger partial charge < -0.3 is 9.73 Å². The van der Waals surface area contributed by atoms with Crippen LogP contribution in [0.5, 0.6) is 0 Å². The van der Waals surface area contributed by atoms with E-state index in [-0.39, 0.29) is 0 Å². The molecule has 1 fully saturated rings. The summed E-state index contributed by atoms with van der Waals surface area (Å²) in [7, 11) is 0. The van der Waals surface area contributed by atoms with E-state index in [0.717, 1.165) is 16.6 Å². The lowest BCUT2D eigenvalue weighted by Gasteiger charge is -2.23. The molecule has 1 aromatic heterocycles. The summed E-state index contributed by atoms with van der Waals surface area (Å²) in [6.45, 7) is 1.13. The summed E-state index contributed by atoms with van der Waals surface area (Å²) in [6.07, 6.45) is 5.61. The topological polar surface area (TPSA) is 25.2 Å². The lowest BCUT2D eigenvalue weighted by Crippen LogP contribution is -2.26. The van der Waals surface area contributed by atoms with Crippen LogP contribution in [0.25, 0.3) is 11.0 Å². The van der Waals surface area contributed by atoms with E-state index in [2.05, 4.69) is 39.4 Å². The van der Waals surface area contributed by atoms with Crippen LogP contribution in [0.3, 0.4) is 0 Å². The van der Waals surface area contributed by atoms with E-state index in [9.17, 15) is 0 Å². The van der Waals surface area contributed by atoms with Gasteiger partial charge in [0.05, 0.1) is 4.47 Å². The molecule has 1 saturated heterocycles. The molecular formula is C13H14BrNO. The van der Waals surface area contributed by atoms with Gasteiger partial charge in [-0.25, -0.2) is 0 Å². The zero-order valence-electron chi connectivity index (χ0n) is 9.00. The third kappa shape index (κ3) is 1.78. The monoisotopic (exact) mass is 279 g/mol. The summed E-state index contributed by atoms with van der Waals surface area (Å²) < 4.78 is 6.47. The van der Waals surface area contributed by atoms with Gasteiger partial charge in [0, 0.05) is 11.4 Å². The van der Waals surface area contributed by atoms with E-state index in [0.29, 0.717) is 6.04 Å². The Morgan fingerprint density at radius 3 is 3.06 bits per heavy atom. The molecule has 0 spiro atoms. The van der Waals surface area contributed by atoms with Crippen molar-refractivity contribution in [2.24, 2.45) is 0 Å². The van der Waals surface area contributed by atoms with Gasteiger partial charge in [0.2, 0.25) is 0 Å². The lowest BCUT2D eigenvalue weighted by atomic mass is 9.97. The third-order valence-electron chi connectivity index (χ3n) is 3.26. The van der Waals surface area contributed by atoms with Gasteiger partial charge in [0.25, 0.3) is 0 Å². The van der Waals surface area contributed by atoms with Gasteiger partial charge in [0.15, 0.2) is 0 Å². The summed E-state index contributed by atoms with van der Waals surface area (Å²) in [5.74, 6) is 0. The summed E-state index contributed by atoms with van der Waals surface area (Å²) in [5, 5.41) is 4.74. The zero-order valence-corrected chi connectivity index (χ0v) is 10.6. The highest BCUT2D eigenvalue weighted by molar-refractivity contribution is 9.10. The van der Waals surface area contributed by atoms with Crippen molar-refractivity contribution in [2.45, 2.75) is 25.3 Å². The molecule has 1 aliphatic heterocycles. The molecule has 3 rings (SSSR count). The molecule has 1 aromatic carbocycles. The predicted octanol–water partition coefficient (Wildman–Crippen LogP) is 4.01. The maximum Gasteiger partial charge on any atom is 0.135 e. The molecule has 1 unspecified atom stereocenters. The predicted molar refractivity (Wildman–Crippen MR) is 68.5 cm³/mol. The van der Waals surface area contributed by atoms with Crippen molar-refractivity contribution in [3.8, 4) is 0 Å². The molecule has 2 nitrogen and oxygen atoms in total. The summed E-state index contributed by atoms with van der Waals surface area (Å²) >= 11 is 3.51. The number of fused-ring (bicyclic) bond motifs is 1. The molecule has 0 bridgehead atoms. The normalized spacial score (nSPS) is 21.4. The minimum Gasteiger partial charge on any atom is -0.463 e. The minimum absolute atomic E-state index is 0.514. The number of benzene rings is 1. The second-order valence-electron chi connectivity index (χ2n) is 4.34. The molecule has 0 radical (unpaired) electrons. The van der Waals surface area contributed by atoms with Crippen LogP contribution >= 0.6 is 15.9 Å². The van der Waals surface area contributed by atoms with Crippen LogP contribution < -0.4 is 5.32 Å². The number of hydrogen-bond acceptors (Lipinski definition) is 2. The maximum absolute atomic E-state index is 5.42. The standard InChI is InChI=1S/C13H14BrNO/c14-11-8-16-13-5-4-9(7-10(11)13)12-3-1-2-6-15-12/h4-5,7-8,12,15H,1-3,6H2. The Morgan fingerprint density at radius 1 is 1.31 bits per heavy atom. The molecule has 0 saturated carbocycles. The molecule has 0 amide bonds. The number of hydrogen-bond donors (Lipinski definition) is 1. The Hall–Kier alpha value is -0.800. The Kier molecular flexibility index (Phi) is 2.74. The molecule has 1 atom stereocenters. The lowest BCUT2D eigenvalue weighted by molar-refractivity contribution is 0.412. The third-order valence-corrected chi connectivity index (χ3v) is 3.88. The molecule has 2 heterocycles. The van der Waals surface area contributed by atoms with Gasteiger partial charge in [-0.15, -0.1) is 0 Å². The highest BCUT2D eigenvalue weighted by Gasteiger charge is 2.15. The highest BCUT2D eigenvalue weighted by atomic mass is 79.9. The second kappa shape index (κ2) is 4.22. The van der Waals surface area contributed by atoms with Crippen molar-refractivity contribution >= 4 is 26.9 Å². The number of nitrogens with one attached hydrogen (secondary N) is 1. The number of halogens is 1. The van der Waals surface area contributed by atoms with Crippen molar-refractivity contribution in [1.82, 2.24) is 5.32 Å². The van der Waals surface area contributed by atoms with Crippen molar-refractivity contribution in [3.63, 3.8) is 0 Å². The molecule has 1 N–H and O–H groups in total. The Bertz CT molecular complexity index is 500. The maximum atomic E-state index is 5.42. The van der Waals surface area contributed by atoms with Gasteiger partial charge in [-0.05, 0) is 53.0 Å². The van der Waals surface area contributed by atoms with E-state index in [1.807, 2.05) is 0 Å². The molecule has 0 aliphatic carbocycles. The number of rotatable bonds is 1. The van der Waals surface area contributed by atoms with E-state index >= 15 is 0 Å². The van der Waals surface area contributed by atoms with Crippen molar-refractivity contribution in [1.29, 1.82) is 0 Å². The molecule has 2 aromatic rings. The average molecular weight is 280 g/mol. The number of furan rings is 1. The van der Waals surface area contributed by atoms with E-state index in [1.165, 1.54) is 30.2 Å². The first-order valence-corrected chi connectivity index (χ1v) is 6.54. The summed E-state index contributed by atoms with van der Waals surface area (Å²) in [4.78, 5) is 0. The Morgan fingerprint density at radius 2 is 2.25 bits per heavy atom. The largest absolute Gasteiger partial charge is 0.463 e. The number of piperidine rings is 1. The van der Waals surface area contributed by atoms with Crippen LogP contribution in [0.2, 0.25) is 0 Å². The Balaban J connectivity index is 1.99. The molecule has 3 heteroatoms. The van der Waals surface area contributed by atoms with Crippen LogP contribution in [0.4, 0.5) is 0 Å². The first-order chi connectivity index (χ1) is 7.84. The smallest absolute Gasteiger partial charge is 0.135 e. The first-order valence-electron chi connectivity index (χ1n) is 5.74. The van der Waals surface area contributed by atoms with E-state index in [1.54, 1.807) is 6.26 Å². The average Bonchev–Trinajstić information content (AvgIpc) is 2.72. The second-order valence-corrected chi connectivity index (χ2v) is 5.20. The molecule has 84 valence electrons. The van der Waals surface area contributed by atoms with Crippen LogP contribution in [-0.4, -0.2) is 6.54 Å². The van der Waals surface area contributed by atoms with Gasteiger partial charge >= 0.3 is 0 Å². The summed E-state index contributed by atoms with van der Waals surface area (Å²) in [5.41, 5.74) is 2.32. The molecule has 1 aliphatic rings. The van der Waals surface area contributed by atoms with Crippen molar-refractivity contribution < 1.29 is 4.42 Å².